The van der Waals surface area contributed by atoms with Gasteiger partial charge in [-0.1, -0.05) is 13.3 Å². The minimum atomic E-state index is 1.17. The summed E-state index contributed by atoms with van der Waals surface area (Å²) in [7, 11) is 2.24. The molecule has 1 N–H and O–H groups in total. The molecule has 3 nitrogen and oxygen atoms in total. The highest BCUT2D eigenvalue weighted by atomic mass is 15.2. The van der Waals surface area contributed by atoms with Gasteiger partial charge in [0, 0.05) is 26.2 Å². The second-order valence-corrected chi connectivity index (χ2v) is 4.60. The number of nitrogens with zero attached hydrogens (tertiary/aromatic N) is 2. The largest absolute Gasteiger partial charge is 0.315 e. The Morgan fingerprint density at radius 1 is 1.20 bits per heavy atom. The molecule has 1 aliphatic heterocycles. The van der Waals surface area contributed by atoms with Crippen molar-refractivity contribution in [3.63, 3.8) is 0 Å². The molecule has 0 aromatic carbocycles. The van der Waals surface area contributed by atoms with Crippen molar-refractivity contribution in [1.82, 2.24) is 15.1 Å². The number of unbranched alkanes of at least 4 members (excludes halogenated alkanes) is 1. The van der Waals surface area contributed by atoms with Crippen LogP contribution in [0.5, 0.6) is 0 Å². The third-order valence-electron chi connectivity index (χ3n) is 3.12. The van der Waals surface area contributed by atoms with Crippen LogP contribution in [0.3, 0.4) is 0 Å². The van der Waals surface area contributed by atoms with Gasteiger partial charge in [-0.05, 0) is 39.5 Å². The average molecular weight is 213 g/mol. The van der Waals surface area contributed by atoms with Crippen molar-refractivity contribution >= 4 is 0 Å². The van der Waals surface area contributed by atoms with Crippen LogP contribution in [0.2, 0.25) is 0 Å². The molecular weight excluding hydrogens is 186 g/mol. The first-order valence-electron chi connectivity index (χ1n) is 6.44. The summed E-state index contributed by atoms with van der Waals surface area (Å²) in [5.74, 6) is 0. The molecule has 1 fully saturated rings. The van der Waals surface area contributed by atoms with Gasteiger partial charge in [0.05, 0.1) is 0 Å². The normalized spacial score (nSPS) is 19.4. The first-order valence-corrected chi connectivity index (χ1v) is 6.44. The summed E-state index contributed by atoms with van der Waals surface area (Å²) >= 11 is 0. The van der Waals surface area contributed by atoms with E-state index in [0.717, 1.165) is 0 Å². The highest BCUT2D eigenvalue weighted by Gasteiger charge is 2.08. The molecule has 1 rings (SSSR count). The highest BCUT2D eigenvalue weighted by molar-refractivity contribution is 4.67. The molecule has 0 aromatic heterocycles. The van der Waals surface area contributed by atoms with Crippen molar-refractivity contribution in [1.29, 1.82) is 0 Å². The molecule has 0 saturated carbocycles. The molecule has 90 valence electrons. The molecule has 0 aliphatic carbocycles. The molecule has 0 amide bonds. The quantitative estimate of drug-likeness (QED) is 0.710. The smallest absolute Gasteiger partial charge is 0.0110 e. The Balaban J connectivity index is 2.06. The van der Waals surface area contributed by atoms with Gasteiger partial charge in [0.25, 0.3) is 0 Å². The molecule has 0 aromatic rings. The molecule has 0 unspecified atom stereocenters. The average Bonchev–Trinajstić information content (AvgIpc) is 2.51. The summed E-state index contributed by atoms with van der Waals surface area (Å²) in [4.78, 5) is 5.05. The lowest BCUT2D eigenvalue weighted by Gasteiger charge is -2.23. The third kappa shape index (κ3) is 6.13. The monoisotopic (exact) mass is 213 g/mol. The fourth-order valence-corrected chi connectivity index (χ4v) is 1.98. The van der Waals surface area contributed by atoms with Gasteiger partial charge in [-0.25, -0.2) is 0 Å². The summed E-state index contributed by atoms with van der Waals surface area (Å²) in [5, 5.41) is 3.44. The predicted molar refractivity (Wildman–Crippen MR) is 66.3 cm³/mol. The first kappa shape index (κ1) is 12.9. The SMILES string of the molecule is CCCCN(C)CCN1CCCNCC1. The number of nitrogens with one attached hydrogen (secondary N) is 1. The fraction of sp³-hybridized carbons (Fsp3) is 1.00. The molecule has 3 heteroatoms. The number of rotatable bonds is 6. The molecular formula is C12H27N3. The van der Waals surface area contributed by atoms with Crippen molar-refractivity contribution in [3.8, 4) is 0 Å². The van der Waals surface area contributed by atoms with E-state index in [0.29, 0.717) is 0 Å². The van der Waals surface area contributed by atoms with E-state index in [1.807, 2.05) is 0 Å². The minimum absolute atomic E-state index is 1.17. The van der Waals surface area contributed by atoms with Crippen molar-refractivity contribution < 1.29 is 0 Å². The Morgan fingerprint density at radius 2 is 2.07 bits per heavy atom. The maximum absolute atomic E-state index is 3.44. The van der Waals surface area contributed by atoms with E-state index in [-0.39, 0.29) is 0 Å². The van der Waals surface area contributed by atoms with Crippen LogP contribution in [-0.4, -0.2) is 62.7 Å². The zero-order chi connectivity index (χ0) is 10.9. The lowest BCUT2D eigenvalue weighted by molar-refractivity contribution is 0.233. The fourth-order valence-electron chi connectivity index (χ4n) is 1.98. The maximum Gasteiger partial charge on any atom is 0.0110 e. The van der Waals surface area contributed by atoms with Crippen LogP contribution in [-0.2, 0) is 0 Å². The van der Waals surface area contributed by atoms with Gasteiger partial charge < -0.3 is 15.1 Å². The van der Waals surface area contributed by atoms with E-state index < -0.39 is 0 Å². The molecule has 0 atom stereocenters. The molecule has 1 aliphatic rings. The third-order valence-corrected chi connectivity index (χ3v) is 3.12. The van der Waals surface area contributed by atoms with E-state index in [2.05, 4.69) is 29.1 Å². The first-order chi connectivity index (χ1) is 7.33. The zero-order valence-electron chi connectivity index (χ0n) is 10.5. The van der Waals surface area contributed by atoms with E-state index >= 15 is 0 Å². The zero-order valence-corrected chi connectivity index (χ0v) is 10.5. The minimum Gasteiger partial charge on any atom is -0.315 e. The van der Waals surface area contributed by atoms with Gasteiger partial charge in [-0.2, -0.15) is 0 Å². The summed E-state index contributed by atoms with van der Waals surface area (Å²) in [6.45, 7) is 10.8. The summed E-state index contributed by atoms with van der Waals surface area (Å²) < 4.78 is 0. The topological polar surface area (TPSA) is 18.5 Å². The van der Waals surface area contributed by atoms with Crippen molar-refractivity contribution in [2.24, 2.45) is 0 Å². The van der Waals surface area contributed by atoms with Gasteiger partial charge in [0.2, 0.25) is 0 Å². The number of hydrogen-bond donors (Lipinski definition) is 1. The van der Waals surface area contributed by atoms with E-state index in [1.165, 1.54) is 65.1 Å². The summed E-state index contributed by atoms with van der Waals surface area (Å²) in [6.07, 6.45) is 3.94. The summed E-state index contributed by atoms with van der Waals surface area (Å²) in [5.41, 5.74) is 0. The standard InChI is InChI=1S/C12H27N3/c1-3-4-8-14(2)11-12-15-9-5-6-13-7-10-15/h13H,3-12H2,1-2H3. The Morgan fingerprint density at radius 3 is 2.87 bits per heavy atom. The van der Waals surface area contributed by atoms with Gasteiger partial charge >= 0.3 is 0 Å². The molecule has 0 bridgehead atoms. The predicted octanol–water partition coefficient (Wildman–Crippen LogP) is 1.01. The lowest BCUT2D eigenvalue weighted by Crippen LogP contribution is -2.35. The number of hydrogen-bond acceptors (Lipinski definition) is 3. The van der Waals surface area contributed by atoms with E-state index in [1.54, 1.807) is 0 Å². The Kier molecular flexibility index (Phi) is 6.98. The van der Waals surface area contributed by atoms with Crippen molar-refractivity contribution in [2.75, 3.05) is 52.9 Å². The second kappa shape index (κ2) is 8.08. The van der Waals surface area contributed by atoms with Crippen molar-refractivity contribution in [2.45, 2.75) is 26.2 Å². The van der Waals surface area contributed by atoms with Gasteiger partial charge in [0.15, 0.2) is 0 Å². The van der Waals surface area contributed by atoms with Crippen LogP contribution in [0.4, 0.5) is 0 Å². The molecule has 1 saturated heterocycles. The molecule has 0 spiro atoms. The Labute approximate surface area is 94.8 Å². The number of likely N-dealkylation sites (N-methyl/N-ethyl adjacent to an activating group) is 1. The maximum atomic E-state index is 3.44. The molecule has 0 radical (unpaired) electrons. The van der Waals surface area contributed by atoms with Crippen LogP contribution in [0, 0.1) is 0 Å². The van der Waals surface area contributed by atoms with Crippen molar-refractivity contribution in [3.05, 3.63) is 0 Å². The second-order valence-electron chi connectivity index (χ2n) is 4.60. The molecule has 1 heterocycles. The Hall–Kier alpha value is -0.120. The van der Waals surface area contributed by atoms with Crippen LogP contribution in [0.25, 0.3) is 0 Å². The summed E-state index contributed by atoms with van der Waals surface area (Å²) in [6, 6.07) is 0. The van der Waals surface area contributed by atoms with E-state index in [4.69, 9.17) is 0 Å². The van der Waals surface area contributed by atoms with Gasteiger partial charge in [-0.15, -0.1) is 0 Å². The van der Waals surface area contributed by atoms with Crippen LogP contribution >= 0.6 is 0 Å². The van der Waals surface area contributed by atoms with E-state index in [9.17, 15) is 0 Å². The van der Waals surface area contributed by atoms with Gasteiger partial charge in [-0.3, -0.25) is 0 Å². The van der Waals surface area contributed by atoms with Crippen LogP contribution in [0.1, 0.15) is 26.2 Å². The Bertz CT molecular complexity index is 142. The van der Waals surface area contributed by atoms with Gasteiger partial charge in [0.1, 0.15) is 0 Å². The lowest BCUT2D eigenvalue weighted by atomic mass is 10.3. The highest BCUT2D eigenvalue weighted by Crippen LogP contribution is 1.97. The van der Waals surface area contributed by atoms with Crippen LogP contribution in [0.15, 0.2) is 0 Å². The molecule has 15 heavy (non-hydrogen) atoms. The van der Waals surface area contributed by atoms with Crippen LogP contribution < -0.4 is 5.32 Å².